The third-order valence-corrected chi connectivity index (χ3v) is 6.73. The molecular weight excluding hydrogens is 489 g/mol. The number of hydrogen-bond acceptors (Lipinski definition) is 4. The summed E-state index contributed by atoms with van der Waals surface area (Å²) in [5.41, 5.74) is 1.01. The number of piperidine rings is 1. The van der Waals surface area contributed by atoms with Crippen LogP contribution in [0.3, 0.4) is 0 Å². The van der Waals surface area contributed by atoms with E-state index in [0.717, 1.165) is 61.9 Å². The molecule has 1 saturated heterocycles. The van der Waals surface area contributed by atoms with Gasteiger partial charge in [-0.05, 0) is 64.5 Å². The highest BCUT2D eigenvalue weighted by atomic mass is 127. The van der Waals surface area contributed by atoms with Gasteiger partial charge in [-0.3, -0.25) is 9.89 Å². The second-order valence-electron chi connectivity index (χ2n) is 8.99. The summed E-state index contributed by atoms with van der Waals surface area (Å²) in [5.74, 6) is 4.43. The van der Waals surface area contributed by atoms with E-state index in [1.807, 2.05) is 20.9 Å². The largest absolute Gasteiger partial charge is 0.444 e. The van der Waals surface area contributed by atoms with Crippen LogP contribution in [0.2, 0.25) is 0 Å². The Morgan fingerprint density at radius 3 is 2.43 bits per heavy atom. The number of likely N-dealkylation sites (tertiary alicyclic amines) is 1. The Bertz CT molecular complexity index is 614. The fourth-order valence-electron chi connectivity index (χ4n) is 4.68. The minimum atomic E-state index is 0. The van der Waals surface area contributed by atoms with E-state index in [9.17, 15) is 0 Å². The molecule has 1 aliphatic heterocycles. The van der Waals surface area contributed by atoms with Crippen molar-refractivity contribution < 1.29 is 4.42 Å². The minimum absolute atomic E-state index is 0. The van der Waals surface area contributed by atoms with Crippen LogP contribution in [0, 0.1) is 25.7 Å². The monoisotopic (exact) mass is 531 g/mol. The molecule has 7 heteroatoms. The van der Waals surface area contributed by atoms with E-state index < -0.39 is 0 Å². The first-order valence-corrected chi connectivity index (χ1v) is 11.7. The number of guanidine groups is 1. The van der Waals surface area contributed by atoms with Crippen molar-refractivity contribution in [2.75, 3.05) is 33.2 Å². The van der Waals surface area contributed by atoms with E-state index in [2.05, 4.69) is 25.5 Å². The molecule has 0 radical (unpaired) electrons. The Morgan fingerprint density at radius 2 is 1.80 bits per heavy atom. The van der Waals surface area contributed by atoms with Crippen molar-refractivity contribution in [3.8, 4) is 0 Å². The van der Waals surface area contributed by atoms with Crippen molar-refractivity contribution in [3.05, 3.63) is 17.3 Å². The lowest BCUT2D eigenvalue weighted by molar-refractivity contribution is 0.164. The molecule has 1 aliphatic carbocycles. The first-order valence-electron chi connectivity index (χ1n) is 11.7. The molecule has 2 heterocycles. The number of aromatic nitrogens is 1. The molecule has 0 atom stereocenters. The van der Waals surface area contributed by atoms with Crippen LogP contribution < -0.4 is 10.6 Å². The van der Waals surface area contributed by atoms with Crippen molar-refractivity contribution in [2.45, 2.75) is 78.2 Å². The molecular formula is C23H42IN5O. The second-order valence-corrected chi connectivity index (χ2v) is 8.99. The van der Waals surface area contributed by atoms with Gasteiger partial charge in [0.05, 0.1) is 12.2 Å². The van der Waals surface area contributed by atoms with Gasteiger partial charge < -0.3 is 15.1 Å². The van der Waals surface area contributed by atoms with E-state index >= 15 is 0 Å². The van der Waals surface area contributed by atoms with Gasteiger partial charge in [-0.2, -0.15) is 0 Å². The Balaban J connectivity index is 0.00000320. The maximum absolute atomic E-state index is 5.73. The van der Waals surface area contributed by atoms with Crippen molar-refractivity contribution in [2.24, 2.45) is 16.8 Å². The van der Waals surface area contributed by atoms with E-state index in [1.165, 1.54) is 57.8 Å². The predicted octanol–water partition coefficient (Wildman–Crippen LogP) is 4.65. The zero-order valence-corrected chi connectivity index (χ0v) is 21.5. The molecule has 0 bridgehead atoms. The van der Waals surface area contributed by atoms with Gasteiger partial charge in [-0.1, -0.05) is 32.1 Å². The van der Waals surface area contributed by atoms with Gasteiger partial charge in [-0.15, -0.1) is 24.0 Å². The first-order chi connectivity index (χ1) is 14.1. The van der Waals surface area contributed by atoms with E-state index in [0.29, 0.717) is 5.92 Å². The molecule has 2 aliphatic rings. The lowest BCUT2D eigenvalue weighted by Crippen LogP contribution is -2.43. The number of nitrogens with zero attached hydrogens (tertiary/aromatic N) is 3. The van der Waals surface area contributed by atoms with Crippen LogP contribution in [0.4, 0.5) is 0 Å². The van der Waals surface area contributed by atoms with Gasteiger partial charge in [0.15, 0.2) is 5.96 Å². The molecule has 0 unspecified atom stereocenters. The van der Waals surface area contributed by atoms with E-state index in [1.54, 1.807) is 0 Å². The smallest absolute Gasteiger partial charge is 0.208 e. The van der Waals surface area contributed by atoms with Gasteiger partial charge >= 0.3 is 0 Å². The van der Waals surface area contributed by atoms with Gasteiger partial charge in [0.25, 0.3) is 0 Å². The van der Waals surface area contributed by atoms with E-state index in [-0.39, 0.29) is 24.0 Å². The summed E-state index contributed by atoms with van der Waals surface area (Å²) in [7, 11) is 1.87. The van der Waals surface area contributed by atoms with Gasteiger partial charge in [0, 0.05) is 20.1 Å². The summed E-state index contributed by atoms with van der Waals surface area (Å²) in [6.07, 6.45) is 12.3. The molecule has 0 amide bonds. The van der Waals surface area contributed by atoms with E-state index in [4.69, 9.17) is 4.42 Å². The van der Waals surface area contributed by atoms with Gasteiger partial charge in [-0.25, -0.2) is 4.98 Å². The van der Waals surface area contributed by atoms with Crippen LogP contribution >= 0.6 is 24.0 Å². The molecule has 3 rings (SSSR count). The maximum atomic E-state index is 5.73. The summed E-state index contributed by atoms with van der Waals surface area (Å²) < 4.78 is 5.73. The standard InChI is InChI=1S/C23H41N5O.HI/c1-18-19(2)29-22(27-18)17-28-14-11-21(12-15-28)16-26-23(24-3)25-13-7-10-20-8-5-4-6-9-20;/h20-21H,4-17H2,1-3H3,(H2,24,25,26);1H. The maximum Gasteiger partial charge on any atom is 0.208 e. The minimum Gasteiger partial charge on any atom is -0.444 e. The van der Waals surface area contributed by atoms with Gasteiger partial charge in [0.1, 0.15) is 5.76 Å². The summed E-state index contributed by atoms with van der Waals surface area (Å²) in [6, 6.07) is 0. The third-order valence-electron chi connectivity index (χ3n) is 6.73. The zero-order chi connectivity index (χ0) is 20.5. The molecule has 1 aromatic rings. The fourth-order valence-corrected chi connectivity index (χ4v) is 4.68. The Hall–Kier alpha value is -0.830. The highest BCUT2D eigenvalue weighted by molar-refractivity contribution is 14.0. The molecule has 0 aromatic carbocycles. The molecule has 2 N–H and O–H groups in total. The number of oxazole rings is 1. The number of rotatable bonds is 8. The van der Waals surface area contributed by atoms with Crippen molar-refractivity contribution >= 4 is 29.9 Å². The SMILES string of the molecule is CN=C(NCCCC1CCCCC1)NCC1CCN(Cc2nc(C)c(C)o2)CC1.I. The van der Waals surface area contributed by atoms with Gasteiger partial charge in [0.2, 0.25) is 5.89 Å². The van der Waals surface area contributed by atoms with Crippen LogP contribution in [-0.4, -0.2) is 49.1 Å². The first kappa shape index (κ1) is 25.4. The number of aryl methyl sites for hydroxylation is 2. The van der Waals surface area contributed by atoms with Crippen LogP contribution in [0.1, 0.15) is 75.1 Å². The highest BCUT2D eigenvalue weighted by Crippen LogP contribution is 2.27. The second kappa shape index (κ2) is 13.6. The lowest BCUT2D eigenvalue weighted by atomic mass is 9.86. The molecule has 0 spiro atoms. The summed E-state index contributed by atoms with van der Waals surface area (Å²) in [5, 5.41) is 7.05. The zero-order valence-electron chi connectivity index (χ0n) is 19.2. The highest BCUT2D eigenvalue weighted by Gasteiger charge is 2.21. The molecule has 1 saturated carbocycles. The van der Waals surface area contributed by atoms with Crippen molar-refractivity contribution in [1.29, 1.82) is 0 Å². The molecule has 6 nitrogen and oxygen atoms in total. The topological polar surface area (TPSA) is 65.7 Å². The Labute approximate surface area is 200 Å². The normalized spacial score (nSPS) is 19.5. The van der Waals surface area contributed by atoms with Crippen molar-refractivity contribution in [1.82, 2.24) is 20.5 Å². The molecule has 1 aromatic heterocycles. The average Bonchev–Trinajstić information content (AvgIpc) is 3.06. The molecule has 2 fully saturated rings. The lowest BCUT2D eigenvalue weighted by Gasteiger charge is -2.31. The summed E-state index contributed by atoms with van der Waals surface area (Å²) in [6.45, 7) is 9.09. The quantitative estimate of drug-likeness (QED) is 0.221. The predicted molar refractivity (Wildman–Crippen MR) is 135 cm³/mol. The fraction of sp³-hybridized carbons (Fsp3) is 0.826. The average molecular weight is 532 g/mol. The molecule has 30 heavy (non-hydrogen) atoms. The Kier molecular flexibility index (Phi) is 11.5. The van der Waals surface area contributed by atoms with Crippen LogP contribution in [0.25, 0.3) is 0 Å². The van der Waals surface area contributed by atoms with Crippen molar-refractivity contribution in [3.63, 3.8) is 0 Å². The Morgan fingerprint density at radius 1 is 1.07 bits per heavy atom. The summed E-state index contributed by atoms with van der Waals surface area (Å²) in [4.78, 5) is 11.4. The number of aliphatic imine (C=N–C) groups is 1. The number of nitrogens with one attached hydrogen (secondary N) is 2. The number of halogens is 1. The third kappa shape index (κ3) is 8.36. The molecule has 172 valence electrons. The summed E-state index contributed by atoms with van der Waals surface area (Å²) >= 11 is 0. The van der Waals surface area contributed by atoms with Crippen LogP contribution in [-0.2, 0) is 6.54 Å². The number of hydrogen-bond donors (Lipinski definition) is 2. The van der Waals surface area contributed by atoms with Crippen LogP contribution in [0.5, 0.6) is 0 Å². The van der Waals surface area contributed by atoms with Crippen LogP contribution in [0.15, 0.2) is 9.41 Å².